The highest BCUT2D eigenvalue weighted by Crippen LogP contribution is 2.62. The van der Waals surface area contributed by atoms with Crippen molar-refractivity contribution in [3.8, 4) is 11.4 Å². The number of aromatic nitrogens is 6. The van der Waals surface area contributed by atoms with Crippen LogP contribution in [0.4, 0.5) is 0 Å². The first-order valence-corrected chi connectivity index (χ1v) is 39.2. The minimum absolute atomic E-state index is 0.0599. The summed E-state index contributed by atoms with van der Waals surface area (Å²) < 4.78 is 33.7. The standard InChI is InChI=1S/C31H32Cl3N3O.C26H25Cl3N4O.C24H27N3O2S/c1-30(2)20-13-14-31(3,17-20)29(30)35-28(38)26-23-6-4-5-19(15-18-7-9-21(32)10-8-18)27(23)37(36-26)25-12-11-22(33)16-24(25)34;27-19-9-7-17(8-10-19)15-18-5-4-6-21-24(26(34)31-32-13-2-1-3-14-32)30-33(25(18)21)23-12-11-20(28)16-22(23)29;1-19(21-12-6-3-7-13-21)26-30(28,29)17-16-23-22-14-8-9-15-24(22)27(25-23)18-20-10-4-2-5-11-20/h7-12,15-16,20,29H,4-6,13-14,17H2,1-3H3,(H,35,38);7-12,15-16H,1-6,13-14H2,(H,31,34);2-7,10-13,16-17,19,26H,8-9,14-15,18H2,1H3/b19-15+;18-15+;17-16+/t20-,29+,31+;;19-/m1.0/s1. The van der Waals surface area contributed by atoms with Crippen LogP contribution in [0.1, 0.15) is 193 Å². The molecule has 4 atom stereocenters. The molecule has 3 fully saturated rings. The summed E-state index contributed by atoms with van der Waals surface area (Å²) >= 11 is 37.8. The Kier molecular flexibility index (Phi) is 22.6. The van der Waals surface area contributed by atoms with E-state index in [0.29, 0.717) is 65.4 Å². The molecular formula is C81H84Cl6N10O4S. The number of nitrogens with one attached hydrogen (secondary N) is 3. The van der Waals surface area contributed by atoms with Crippen molar-refractivity contribution in [3.63, 3.8) is 0 Å². The van der Waals surface area contributed by atoms with Gasteiger partial charge in [0.05, 0.1) is 45.0 Å². The SMILES string of the molecule is CC1(C)[C@@H]2CC[C@@](C)(C2)[C@H]1NC(=O)c1nn(-c2ccc(Cl)cc2Cl)c2c1CCC/C2=C\c1ccc(Cl)cc1.C[C@H](NS(=O)(=O)/C=C/c1nn(Cc2ccccc2)c2c1CCCC2)c1ccccc1.O=C(NN1CCCCC1)c1nn(-c2ccc(Cl)cc2Cl)c2c1CCC/C2=C\c1ccc(Cl)cc1. The maximum absolute atomic E-state index is 14.0. The zero-order valence-electron chi connectivity index (χ0n) is 57.8. The van der Waals surface area contributed by atoms with Gasteiger partial charge in [-0.15, -0.1) is 0 Å². The van der Waals surface area contributed by atoms with Crippen LogP contribution in [0.15, 0.2) is 151 Å². The number of carbonyl (C=O) groups excluding carboxylic acids is 2. The first-order chi connectivity index (χ1) is 49.1. The molecular weight excluding hydrogens is 1420 g/mol. The smallest absolute Gasteiger partial charge is 0.286 e. The summed E-state index contributed by atoms with van der Waals surface area (Å²) in [6.07, 6.45) is 22.3. The molecule has 15 rings (SSSR count). The van der Waals surface area contributed by atoms with E-state index in [-0.39, 0.29) is 34.7 Å². The zero-order valence-corrected chi connectivity index (χ0v) is 63.1. The fourth-order valence-electron chi connectivity index (χ4n) is 16.0. The Labute approximate surface area is 628 Å². The van der Waals surface area contributed by atoms with Crippen LogP contribution in [0, 0.1) is 16.7 Å². The summed E-state index contributed by atoms with van der Waals surface area (Å²) in [6, 6.07) is 45.9. The molecule has 4 heterocycles. The summed E-state index contributed by atoms with van der Waals surface area (Å²) in [7, 11) is -3.58. The van der Waals surface area contributed by atoms with Gasteiger partial charge in [-0.1, -0.05) is 182 Å². The summed E-state index contributed by atoms with van der Waals surface area (Å²) in [6.45, 7) is 11.2. The Bertz CT molecular complexity index is 4770. The van der Waals surface area contributed by atoms with Crippen LogP contribution >= 0.6 is 69.6 Å². The number of hydrogen-bond donors (Lipinski definition) is 3. The minimum Gasteiger partial charge on any atom is -0.347 e. The molecule has 21 heteroatoms. The van der Waals surface area contributed by atoms with Crippen LogP contribution in [-0.2, 0) is 42.3 Å². The second-order valence-corrected chi connectivity index (χ2v) is 32.7. The van der Waals surface area contributed by atoms with Crippen LogP contribution in [-0.4, -0.2) is 73.7 Å². The van der Waals surface area contributed by atoms with Crippen molar-refractivity contribution < 1.29 is 18.0 Å². The lowest BCUT2D eigenvalue weighted by Gasteiger charge is -2.43. The fraction of sp³-hybridized carbons (Fsp3) is 0.346. The third-order valence-corrected chi connectivity index (χ3v) is 23.9. The fourth-order valence-corrected chi connectivity index (χ4v) is 18.3. The third-order valence-electron chi connectivity index (χ3n) is 21.1. The molecule has 3 N–H and O–H groups in total. The molecule has 3 aromatic heterocycles. The van der Waals surface area contributed by atoms with Crippen LogP contribution in [0.5, 0.6) is 0 Å². The first-order valence-electron chi connectivity index (χ1n) is 35.4. The molecule has 5 aliphatic carbocycles. The van der Waals surface area contributed by atoms with Crippen LogP contribution in [0.2, 0.25) is 30.1 Å². The normalized spacial score (nSPS) is 20.2. The van der Waals surface area contributed by atoms with Gasteiger partial charge in [-0.3, -0.25) is 19.7 Å². The summed E-state index contributed by atoms with van der Waals surface area (Å²) in [4.78, 5) is 27.3. The summed E-state index contributed by atoms with van der Waals surface area (Å²) in [5.41, 5.74) is 19.0. The maximum atomic E-state index is 14.0. The van der Waals surface area contributed by atoms with E-state index >= 15 is 0 Å². The number of piperidine rings is 1. The quantitative estimate of drug-likeness (QED) is 0.0914. The molecule has 0 unspecified atom stereocenters. The van der Waals surface area contributed by atoms with Gasteiger partial charge in [0.25, 0.3) is 11.8 Å². The third kappa shape index (κ3) is 16.5. The molecule has 6 aromatic carbocycles. The number of amides is 2. The van der Waals surface area contributed by atoms with Gasteiger partial charge in [0.15, 0.2) is 11.4 Å². The van der Waals surface area contributed by atoms with Gasteiger partial charge >= 0.3 is 0 Å². The number of halogens is 6. The minimum atomic E-state index is -3.58. The number of allylic oxidation sites excluding steroid dienone is 2. The van der Waals surface area contributed by atoms with E-state index in [1.54, 1.807) is 35.0 Å². The van der Waals surface area contributed by atoms with Crippen LogP contribution in [0.25, 0.3) is 40.7 Å². The van der Waals surface area contributed by atoms with E-state index in [2.05, 4.69) is 60.5 Å². The number of hydrazine groups is 1. The highest BCUT2D eigenvalue weighted by Gasteiger charge is 2.60. The van der Waals surface area contributed by atoms with Gasteiger partial charge in [-0.25, -0.2) is 27.5 Å². The molecule has 14 nitrogen and oxygen atoms in total. The number of benzene rings is 6. The van der Waals surface area contributed by atoms with Crippen molar-refractivity contribution >= 4 is 121 Å². The second kappa shape index (κ2) is 31.6. The van der Waals surface area contributed by atoms with Crippen molar-refractivity contribution in [2.45, 2.75) is 149 Å². The van der Waals surface area contributed by atoms with Crippen molar-refractivity contribution in [3.05, 3.63) is 254 Å². The molecule has 102 heavy (non-hydrogen) atoms. The van der Waals surface area contributed by atoms with Gasteiger partial charge in [-0.2, -0.15) is 15.3 Å². The van der Waals surface area contributed by atoms with Crippen LogP contribution in [0.3, 0.4) is 0 Å². The van der Waals surface area contributed by atoms with Gasteiger partial charge in [0.2, 0.25) is 10.0 Å². The number of rotatable bonds is 15. The van der Waals surface area contributed by atoms with Crippen molar-refractivity contribution in [2.24, 2.45) is 16.7 Å². The van der Waals surface area contributed by atoms with Gasteiger partial charge in [0, 0.05) is 73.1 Å². The van der Waals surface area contributed by atoms with Crippen molar-refractivity contribution in [1.29, 1.82) is 0 Å². The predicted octanol–water partition coefficient (Wildman–Crippen LogP) is 20.0. The highest BCUT2D eigenvalue weighted by atomic mass is 35.5. The largest absolute Gasteiger partial charge is 0.347 e. The molecule has 1 saturated heterocycles. The average molecular weight is 1510 g/mol. The van der Waals surface area contributed by atoms with E-state index in [0.717, 1.165) is 153 Å². The molecule has 530 valence electrons. The number of fused-ring (bicyclic) bond motifs is 5. The lowest BCUT2D eigenvalue weighted by atomic mass is 9.68. The molecule has 0 spiro atoms. The predicted molar refractivity (Wildman–Crippen MR) is 415 cm³/mol. The van der Waals surface area contributed by atoms with Crippen molar-refractivity contribution in [1.82, 2.24) is 49.8 Å². The molecule has 9 aromatic rings. The van der Waals surface area contributed by atoms with Crippen LogP contribution < -0.4 is 15.5 Å². The van der Waals surface area contributed by atoms with E-state index in [1.807, 2.05) is 130 Å². The van der Waals surface area contributed by atoms with E-state index in [1.165, 1.54) is 41.5 Å². The molecule has 2 saturated carbocycles. The number of hydrogen-bond acceptors (Lipinski definition) is 8. The van der Waals surface area contributed by atoms with Gasteiger partial charge < -0.3 is 5.32 Å². The number of carbonyl (C=O) groups is 2. The lowest BCUT2D eigenvalue weighted by molar-refractivity contribution is 0.0730. The average Bonchev–Trinajstić information content (AvgIpc) is 1.57. The topological polar surface area (TPSA) is 161 Å². The van der Waals surface area contributed by atoms with E-state index < -0.39 is 10.0 Å². The monoisotopic (exact) mass is 1500 g/mol. The lowest BCUT2D eigenvalue weighted by Crippen LogP contribution is -2.52. The second-order valence-electron chi connectivity index (χ2n) is 28.6. The van der Waals surface area contributed by atoms with E-state index in [4.69, 9.17) is 84.9 Å². The van der Waals surface area contributed by atoms with Gasteiger partial charge in [0.1, 0.15) is 0 Å². The Hall–Kier alpha value is -7.28. The highest BCUT2D eigenvalue weighted by molar-refractivity contribution is 7.92. The number of sulfonamides is 1. The molecule has 2 bridgehead atoms. The summed E-state index contributed by atoms with van der Waals surface area (Å²) in [5.74, 6) is 0.380. The molecule has 1 aliphatic heterocycles. The van der Waals surface area contributed by atoms with E-state index in [9.17, 15) is 18.0 Å². The maximum Gasteiger partial charge on any atom is 0.286 e. The summed E-state index contributed by atoms with van der Waals surface area (Å²) in [5, 5.41) is 24.7. The molecule has 2 amide bonds. The first kappa shape index (κ1) is 73.0. The van der Waals surface area contributed by atoms with Gasteiger partial charge in [-0.05, 0) is 232 Å². The molecule has 0 radical (unpaired) electrons. The Morgan fingerprint density at radius 2 is 1.11 bits per heavy atom. The Balaban J connectivity index is 0.000000138. The Morgan fingerprint density at radius 3 is 1.65 bits per heavy atom. The zero-order chi connectivity index (χ0) is 71.5. The molecule has 6 aliphatic rings. The Morgan fingerprint density at radius 1 is 0.588 bits per heavy atom. The van der Waals surface area contributed by atoms with Crippen molar-refractivity contribution in [2.75, 3.05) is 13.1 Å². The number of nitrogens with zero attached hydrogens (tertiary/aromatic N) is 7.